The molecule has 3 heteroatoms. The van der Waals surface area contributed by atoms with Crippen LogP contribution in [-0.4, -0.2) is 14.0 Å². The van der Waals surface area contributed by atoms with Gasteiger partial charge in [0, 0.05) is 45.0 Å². The molecule has 0 aliphatic heterocycles. The van der Waals surface area contributed by atoms with Crippen LogP contribution in [0.25, 0.3) is 54.8 Å². The maximum atomic E-state index is 4.70. The fourth-order valence-electron chi connectivity index (χ4n) is 4.97. The summed E-state index contributed by atoms with van der Waals surface area (Å²) in [5.41, 5.74) is 5.80. The summed E-state index contributed by atoms with van der Waals surface area (Å²) in [5.74, 6) is 0. The number of pyridine rings is 1. The number of benzene rings is 4. The van der Waals surface area contributed by atoms with E-state index in [1.165, 1.54) is 49.2 Å². The van der Waals surface area contributed by atoms with Gasteiger partial charge < -0.3 is 4.57 Å². The summed E-state index contributed by atoms with van der Waals surface area (Å²) < 4.78 is 4.56. The Hall–Kier alpha value is -4.11. The minimum atomic E-state index is 1.00. The maximum absolute atomic E-state index is 4.70. The van der Waals surface area contributed by atoms with E-state index >= 15 is 0 Å². The van der Waals surface area contributed by atoms with E-state index < -0.39 is 0 Å². The molecular formula is C27H17N3. The first-order valence-corrected chi connectivity index (χ1v) is 10.2. The lowest BCUT2D eigenvalue weighted by atomic mass is 10.00. The Balaban J connectivity index is 1.83. The van der Waals surface area contributed by atoms with Crippen molar-refractivity contribution in [2.75, 3.05) is 0 Å². The summed E-state index contributed by atoms with van der Waals surface area (Å²) in [5, 5.41) is 6.26. The number of hydrogen-bond donors (Lipinski definition) is 0. The molecule has 30 heavy (non-hydrogen) atoms. The van der Waals surface area contributed by atoms with Gasteiger partial charge in [-0.3, -0.25) is 4.40 Å². The summed E-state index contributed by atoms with van der Waals surface area (Å²) in [6.45, 7) is 0. The molecule has 0 fully saturated rings. The van der Waals surface area contributed by atoms with E-state index in [9.17, 15) is 0 Å². The molecule has 3 nitrogen and oxygen atoms in total. The van der Waals surface area contributed by atoms with Crippen molar-refractivity contribution in [2.24, 2.45) is 0 Å². The standard InChI is InChI=1S/C27H17N3/c1-2-8-18(9-3-1)30-23-13-7-5-11-20(23)26-24(30)15-14-21-25(26)19-10-4-6-12-22(19)29-17-16-28-27(21)29/h1-17H. The molecule has 4 aromatic carbocycles. The van der Waals surface area contributed by atoms with Gasteiger partial charge in [-0.15, -0.1) is 0 Å². The second-order valence-electron chi connectivity index (χ2n) is 7.71. The van der Waals surface area contributed by atoms with Crippen LogP contribution in [-0.2, 0) is 0 Å². The highest BCUT2D eigenvalue weighted by atomic mass is 15.0. The molecule has 0 aliphatic rings. The summed E-state index contributed by atoms with van der Waals surface area (Å²) in [6.07, 6.45) is 3.94. The van der Waals surface area contributed by atoms with E-state index in [2.05, 4.69) is 106 Å². The number of fused-ring (bicyclic) bond motifs is 10. The highest BCUT2D eigenvalue weighted by Gasteiger charge is 2.18. The Bertz CT molecular complexity index is 1740. The zero-order valence-corrected chi connectivity index (χ0v) is 16.2. The predicted molar refractivity (Wildman–Crippen MR) is 125 cm³/mol. The average Bonchev–Trinajstić information content (AvgIpc) is 3.43. The number of imidazole rings is 1. The molecular weight excluding hydrogens is 366 g/mol. The van der Waals surface area contributed by atoms with E-state index in [1.807, 2.05) is 6.20 Å². The second kappa shape index (κ2) is 5.71. The van der Waals surface area contributed by atoms with Gasteiger partial charge in [0.25, 0.3) is 0 Å². The van der Waals surface area contributed by atoms with Gasteiger partial charge in [0.15, 0.2) is 0 Å². The van der Waals surface area contributed by atoms with E-state index in [1.54, 1.807) is 0 Å². The zero-order valence-electron chi connectivity index (χ0n) is 16.2. The highest BCUT2D eigenvalue weighted by Crippen LogP contribution is 2.40. The minimum absolute atomic E-state index is 1.00. The first kappa shape index (κ1) is 15.8. The number of nitrogens with zero attached hydrogens (tertiary/aromatic N) is 3. The van der Waals surface area contributed by atoms with E-state index in [-0.39, 0.29) is 0 Å². The fourth-order valence-corrected chi connectivity index (χ4v) is 4.97. The van der Waals surface area contributed by atoms with Crippen LogP contribution in [0.5, 0.6) is 0 Å². The summed E-state index contributed by atoms with van der Waals surface area (Å²) in [7, 11) is 0. The van der Waals surface area contributed by atoms with Crippen molar-refractivity contribution >= 4 is 49.1 Å². The van der Waals surface area contributed by atoms with Gasteiger partial charge in [-0.1, -0.05) is 54.6 Å². The maximum Gasteiger partial charge on any atom is 0.145 e. The predicted octanol–water partition coefficient (Wildman–Crippen LogP) is 6.74. The van der Waals surface area contributed by atoms with Crippen LogP contribution in [0.15, 0.2) is 103 Å². The SMILES string of the molecule is c1ccc(-n2c3ccccc3c3c4c5ccccc5n5ccnc5c4ccc32)cc1. The molecule has 7 rings (SSSR count). The van der Waals surface area contributed by atoms with Crippen LogP contribution in [0, 0.1) is 0 Å². The third-order valence-electron chi connectivity index (χ3n) is 6.17. The number of para-hydroxylation sites is 3. The lowest BCUT2D eigenvalue weighted by Gasteiger charge is -2.11. The molecule has 0 bridgehead atoms. The van der Waals surface area contributed by atoms with Crippen LogP contribution >= 0.6 is 0 Å². The fraction of sp³-hybridized carbons (Fsp3) is 0. The zero-order chi connectivity index (χ0) is 19.7. The van der Waals surface area contributed by atoms with Crippen molar-refractivity contribution in [3.63, 3.8) is 0 Å². The van der Waals surface area contributed by atoms with Crippen LogP contribution in [0.3, 0.4) is 0 Å². The molecule has 0 N–H and O–H groups in total. The molecule has 0 saturated carbocycles. The van der Waals surface area contributed by atoms with Crippen LogP contribution < -0.4 is 0 Å². The van der Waals surface area contributed by atoms with Gasteiger partial charge in [-0.05, 0) is 36.4 Å². The van der Waals surface area contributed by atoms with Crippen LogP contribution in [0.2, 0.25) is 0 Å². The molecule has 0 spiro atoms. The number of rotatable bonds is 1. The normalized spacial score (nSPS) is 12.0. The second-order valence-corrected chi connectivity index (χ2v) is 7.71. The third kappa shape index (κ3) is 1.91. The van der Waals surface area contributed by atoms with Gasteiger partial charge >= 0.3 is 0 Å². The Labute approximate surface area is 172 Å². The lowest BCUT2D eigenvalue weighted by Crippen LogP contribution is -1.94. The summed E-state index contributed by atoms with van der Waals surface area (Å²) in [6, 6.07) is 32.4. The molecule has 0 amide bonds. The number of aromatic nitrogens is 3. The monoisotopic (exact) mass is 383 g/mol. The highest BCUT2D eigenvalue weighted by molar-refractivity contribution is 6.29. The first-order chi connectivity index (χ1) is 14.9. The Kier molecular flexibility index (Phi) is 3.00. The lowest BCUT2D eigenvalue weighted by molar-refractivity contribution is 1.18. The van der Waals surface area contributed by atoms with Gasteiger partial charge in [-0.2, -0.15) is 0 Å². The van der Waals surface area contributed by atoms with E-state index in [4.69, 9.17) is 4.98 Å². The first-order valence-electron chi connectivity index (χ1n) is 10.2. The van der Waals surface area contributed by atoms with Gasteiger partial charge in [0.1, 0.15) is 5.65 Å². The average molecular weight is 383 g/mol. The van der Waals surface area contributed by atoms with Crippen molar-refractivity contribution in [1.82, 2.24) is 14.0 Å². The van der Waals surface area contributed by atoms with E-state index in [0.717, 1.165) is 5.65 Å². The van der Waals surface area contributed by atoms with Gasteiger partial charge in [0.05, 0.1) is 16.6 Å². The molecule has 0 saturated heterocycles. The molecule has 0 unspecified atom stereocenters. The van der Waals surface area contributed by atoms with Crippen LogP contribution in [0.4, 0.5) is 0 Å². The molecule has 0 atom stereocenters. The van der Waals surface area contributed by atoms with Crippen molar-refractivity contribution in [3.8, 4) is 5.69 Å². The minimum Gasteiger partial charge on any atom is -0.309 e. The van der Waals surface area contributed by atoms with Gasteiger partial charge in [0.2, 0.25) is 0 Å². The smallest absolute Gasteiger partial charge is 0.145 e. The Morgan fingerprint density at radius 3 is 2.07 bits per heavy atom. The van der Waals surface area contributed by atoms with Gasteiger partial charge in [-0.25, -0.2) is 4.98 Å². The van der Waals surface area contributed by atoms with Crippen molar-refractivity contribution < 1.29 is 0 Å². The number of hydrogen-bond acceptors (Lipinski definition) is 1. The molecule has 0 radical (unpaired) electrons. The van der Waals surface area contributed by atoms with E-state index in [0.29, 0.717) is 0 Å². The third-order valence-corrected chi connectivity index (χ3v) is 6.17. The van der Waals surface area contributed by atoms with Crippen molar-refractivity contribution in [3.05, 3.63) is 103 Å². The Morgan fingerprint density at radius 2 is 1.23 bits per heavy atom. The molecule has 7 aromatic rings. The molecule has 3 heterocycles. The molecule has 3 aromatic heterocycles. The largest absolute Gasteiger partial charge is 0.309 e. The summed E-state index contributed by atoms with van der Waals surface area (Å²) >= 11 is 0. The van der Waals surface area contributed by atoms with Crippen molar-refractivity contribution in [1.29, 1.82) is 0 Å². The van der Waals surface area contributed by atoms with Crippen molar-refractivity contribution in [2.45, 2.75) is 0 Å². The van der Waals surface area contributed by atoms with Crippen LogP contribution in [0.1, 0.15) is 0 Å². The quantitative estimate of drug-likeness (QED) is 0.288. The molecule has 0 aliphatic carbocycles. The molecule has 140 valence electrons. The Morgan fingerprint density at radius 1 is 0.533 bits per heavy atom. The topological polar surface area (TPSA) is 22.2 Å². The summed E-state index contributed by atoms with van der Waals surface area (Å²) in [4.78, 5) is 4.70.